The van der Waals surface area contributed by atoms with Crippen molar-refractivity contribution in [2.75, 3.05) is 14.2 Å². The Bertz CT molecular complexity index is 661. The Kier molecular flexibility index (Phi) is 5.14. The second kappa shape index (κ2) is 6.69. The van der Waals surface area contributed by atoms with Crippen LogP contribution in [0.4, 0.5) is 0 Å². The lowest BCUT2D eigenvalue weighted by Gasteiger charge is -2.19. The van der Waals surface area contributed by atoms with E-state index in [2.05, 4.69) is 15.9 Å². The molecule has 0 aliphatic rings. The van der Waals surface area contributed by atoms with E-state index in [0.29, 0.717) is 16.5 Å². The van der Waals surface area contributed by atoms with Gasteiger partial charge in [0.25, 0.3) is 0 Å². The van der Waals surface area contributed by atoms with E-state index in [1.807, 2.05) is 37.3 Å². The minimum Gasteiger partial charge on any atom is -0.493 e. The molecule has 0 heterocycles. The first kappa shape index (κ1) is 16.1. The van der Waals surface area contributed by atoms with Gasteiger partial charge in [0.2, 0.25) is 0 Å². The molecule has 0 saturated carbocycles. The number of rotatable bonds is 4. The first-order chi connectivity index (χ1) is 9.99. The van der Waals surface area contributed by atoms with Crippen LogP contribution < -0.4 is 15.2 Å². The highest BCUT2D eigenvalue weighted by atomic mass is 79.9. The highest BCUT2D eigenvalue weighted by Crippen LogP contribution is 2.38. The van der Waals surface area contributed by atoms with Gasteiger partial charge in [0.05, 0.1) is 20.3 Å². The summed E-state index contributed by atoms with van der Waals surface area (Å²) < 4.78 is 11.5. The fourth-order valence-corrected chi connectivity index (χ4v) is 2.99. The number of nitrogens with two attached hydrogens (primary N) is 1. The van der Waals surface area contributed by atoms with Gasteiger partial charge in [0.1, 0.15) is 0 Å². The first-order valence-corrected chi connectivity index (χ1v) is 7.58. The lowest BCUT2D eigenvalue weighted by atomic mass is 9.95. The minimum atomic E-state index is -0.308. The van der Waals surface area contributed by atoms with Crippen molar-refractivity contribution in [1.29, 1.82) is 0 Å². The van der Waals surface area contributed by atoms with E-state index in [9.17, 15) is 0 Å². The summed E-state index contributed by atoms with van der Waals surface area (Å²) in [4.78, 5) is 0. The van der Waals surface area contributed by atoms with E-state index in [1.54, 1.807) is 14.2 Å². The van der Waals surface area contributed by atoms with E-state index in [0.717, 1.165) is 21.2 Å². The lowest BCUT2D eigenvalue weighted by molar-refractivity contribution is 0.354. The molecule has 0 bridgehead atoms. The summed E-state index contributed by atoms with van der Waals surface area (Å²) in [6.45, 7) is 1.96. The molecule has 2 rings (SSSR count). The van der Waals surface area contributed by atoms with Crippen LogP contribution in [0.3, 0.4) is 0 Å². The van der Waals surface area contributed by atoms with Crippen LogP contribution >= 0.6 is 27.5 Å². The standard InChI is InChI=1S/C16H17BrClNO2/c1-9-10(5-4-6-13(9)18)16(19)11-7-14(20-2)15(21-3)8-12(11)17/h4-8,16H,19H2,1-3H3. The first-order valence-electron chi connectivity index (χ1n) is 6.41. The average molecular weight is 371 g/mol. The molecule has 0 saturated heterocycles. The van der Waals surface area contributed by atoms with Crippen molar-refractivity contribution >= 4 is 27.5 Å². The Morgan fingerprint density at radius 3 is 2.33 bits per heavy atom. The summed E-state index contributed by atoms with van der Waals surface area (Å²) in [7, 11) is 3.21. The molecule has 0 aliphatic heterocycles. The summed E-state index contributed by atoms with van der Waals surface area (Å²) in [5.41, 5.74) is 9.29. The number of halogens is 2. The molecule has 1 atom stereocenters. The lowest BCUT2D eigenvalue weighted by Crippen LogP contribution is -2.14. The Morgan fingerprint density at radius 2 is 1.71 bits per heavy atom. The largest absolute Gasteiger partial charge is 0.493 e. The zero-order valence-electron chi connectivity index (χ0n) is 12.1. The molecular weight excluding hydrogens is 354 g/mol. The smallest absolute Gasteiger partial charge is 0.161 e. The summed E-state index contributed by atoms with van der Waals surface area (Å²) in [5, 5.41) is 0.708. The van der Waals surface area contributed by atoms with Crippen LogP contribution in [-0.2, 0) is 0 Å². The molecule has 0 aliphatic carbocycles. The Balaban J connectivity index is 2.53. The van der Waals surface area contributed by atoms with Crippen LogP contribution in [0, 0.1) is 6.92 Å². The van der Waals surface area contributed by atoms with Crippen molar-refractivity contribution in [2.45, 2.75) is 13.0 Å². The third-order valence-electron chi connectivity index (χ3n) is 3.48. The van der Waals surface area contributed by atoms with Crippen LogP contribution in [-0.4, -0.2) is 14.2 Å². The number of hydrogen-bond donors (Lipinski definition) is 1. The molecule has 3 nitrogen and oxygen atoms in total. The molecule has 2 N–H and O–H groups in total. The van der Waals surface area contributed by atoms with Gasteiger partial charge in [-0.15, -0.1) is 0 Å². The molecule has 2 aromatic rings. The van der Waals surface area contributed by atoms with Gasteiger partial charge in [0.15, 0.2) is 11.5 Å². The third kappa shape index (κ3) is 3.18. The normalized spacial score (nSPS) is 12.1. The predicted octanol–water partition coefficient (Wildman–Crippen LogP) is 4.48. The molecule has 5 heteroatoms. The van der Waals surface area contributed by atoms with Gasteiger partial charge >= 0.3 is 0 Å². The van der Waals surface area contributed by atoms with Crippen molar-refractivity contribution in [3.63, 3.8) is 0 Å². The van der Waals surface area contributed by atoms with E-state index in [1.165, 1.54) is 0 Å². The maximum Gasteiger partial charge on any atom is 0.161 e. The van der Waals surface area contributed by atoms with Crippen LogP contribution in [0.2, 0.25) is 5.02 Å². The van der Waals surface area contributed by atoms with Crippen molar-refractivity contribution in [2.24, 2.45) is 5.73 Å². The van der Waals surface area contributed by atoms with Crippen molar-refractivity contribution in [3.05, 3.63) is 56.5 Å². The zero-order valence-corrected chi connectivity index (χ0v) is 14.5. The molecule has 112 valence electrons. The van der Waals surface area contributed by atoms with Gasteiger partial charge in [-0.2, -0.15) is 0 Å². The van der Waals surface area contributed by atoms with Gasteiger partial charge in [0, 0.05) is 9.50 Å². The Labute approximate surface area is 138 Å². The topological polar surface area (TPSA) is 44.5 Å². The van der Waals surface area contributed by atoms with Gasteiger partial charge in [-0.1, -0.05) is 39.7 Å². The minimum absolute atomic E-state index is 0.308. The summed E-state index contributed by atoms with van der Waals surface area (Å²) >= 11 is 9.72. The summed E-state index contributed by atoms with van der Waals surface area (Å²) in [6.07, 6.45) is 0. The quantitative estimate of drug-likeness (QED) is 0.863. The van der Waals surface area contributed by atoms with Crippen molar-refractivity contribution in [1.82, 2.24) is 0 Å². The maximum absolute atomic E-state index is 6.42. The molecule has 0 aromatic heterocycles. The second-order valence-electron chi connectivity index (χ2n) is 4.66. The van der Waals surface area contributed by atoms with Gasteiger partial charge < -0.3 is 15.2 Å². The van der Waals surface area contributed by atoms with Crippen LogP contribution in [0.15, 0.2) is 34.8 Å². The SMILES string of the molecule is COc1cc(Br)c(C(N)c2cccc(Cl)c2C)cc1OC. The van der Waals surface area contributed by atoms with Crippen LogP contribution in [0.5, 0.6) is 11.5 Å². The van der Waals surface area contributed by atoms with E-state index >= 15 is 0 Å². The highest BCUT2D eigenvalue weighted by Gasteiger charge is 2.18. The van der Waals surface area contributed by atoms with Crippen molar-refractivity contribution in [3.8, 4) is 11.5 Å². The molecule has 0 amide bonds. The number of hydrogen-bond acceptors (Lipinski definition) is 3. The highest BCUT2D eigenvalue weighted by molar-refractivity contribution is 9.10. The summed E-state index contributed by atoms with van der Waals surface area (Å²) in [6, 6.07) is 9.17. The third-order valence-corrected chi connectivity index (χ3v) is 4.58. The van der Waals surface area contributed by atoms with E-state index in [4.69, 9.17) is 26.8 Å². The van der Waals surface area contributed by atoms with E-state index < -0.39 is 0 Å². The molecule has 2 aromatic carbocycles. The van der Waals surface area contributed by atoms with E-state index in [-0.39, 0.29) is 6.04 Å². The number of methoxy groups -OCH3 is 2. The number of benzene rings is 2. The van der Waals surface area contributed by atoms with Crippen molar-refractivity contribution < 1.29 is 9.47 Å². The molecular formula is C16H17BrClNO2. The maximum atomic E-state index is 6.42. The molecule has 0 fully saturated rings. The Hall–Kier alpha value is -1.23. The fraction of sp³-hybridized carbons (Fsp3) is 0.250. The molecule has 0 radical (unpaired) electrons. The van der Waals surface area contributed by atoms with Crippen LogP contribution in [0.1, 0.15) is 22.7 Å². The molecule has 0 spiro atoms. The Morgan fingerprint density at radius 1 is 1.10 bits per heavy atom. The fourth-order valence-electron chi connectivity index (χ4n) is 2.24. The number of ether oxygens (including phenoxy) is 2. The average Bonchev–Trinajstić information content (AvgIpc) is 2.49. The predicted molar refractivity (Wildman–Crippen MR) is 89.5 cm³/mol. The monoisotopic (exact) mass is 369 g/mol. The van der Waals surface area contributed by atoms with Gasteiger partial charge in [-0.05, 0) is 41.8 Å². The second-order valence-corrected chi connectivity index (χ2v) is 5.92. The van der Waals surface area contributed by atoms with Crippen LogP contribution in [0.25, 0.3) is 0 Å². The van der Waals surface area contributed by atoms with Gasteiger partial charge in [-0.3, -0.25) is 0 Å². The molecule has 21 heavy (non-hydrogen) atoms. The van der Waals surface area contributed by atoms with Gasteiger partial charge in [-0.25, -0.2) is 0 Å². The molecule has 1 unspecified atom stereocenters. The zero-order chi connectivity index (χ0) is 15.6. The summed E-state index contributed by atoms with van der Waals surface area (Å²) in [5.74, 6) is 1.30.